The fourth-order valence-electron chi connectivity index (χ4n) is 9.46. The molecule has 2 nitrogen and oxygen atoms in total. The molecule has 56 heavy (non-hydrogen) atoms. The molecule has 0 amide bonds. The molecule has 0 N–H and O–H groups in total. The maximum Gasteiger partial charge on any atom is 0.0546 e. The van der Waals surface area contributed by atoms with E-state index in [0.29, 0.717) is 0 Å². The van der Waals surface area contributed by atoms with Gasteiger partial charge in [0, 0.05) is 33.3 Å². The molecule has 12 rings (SSSR count). The summed E-state index contributed by atoms with van der Waals surface area (Å²) in [7, 11) is 0. The Balaban J connectivity index is 1.14. The van der Waals surface area contributed by atoms with Crippen LogP contribution in [0.4, 0.5) is 17.1 Å². The zero-order chi connectivity index (χ0) is 36.7. The van der Waals surface area contributed by atoms with Crippen molar-refractivity contribution in [1.29, 1.82) is 0 Å². The summed E-state index contributed by atoms with van der Waals surface area (Å²) in [5, 5.41) is 10.1. The van der Waals surface area contributed by atoms with E-state index in [4.69, 9.17) is 0 Å². The summed E-state index contributed by atoms with van der Waals surface area (Å²) in [6, 6.07) is 75.8. The Bertz CT molecular complexity index is 3370. The molecule has 0 radical (unpaired) electrons. The Hall–Kier alpha value is -7.42. The molecular weight excluding hydrogens is 677 g/mol. The molecule has 1 aliphatic carbocycles. The smallest absolute Gasteiger partial charge is 0.0546 e. The monoisotopic (exact) mass is 710 g/mol. The SMILES string of the molecule is c1ccc(-c2ccccc2-n2c3ccccc3c3cc(N(c4ccc5ccccc5c4)c4cccc5c4-c4cccc6cc7ccccc7c-5c46)ccc32)cc1. The van der Waals surface area contributed by atoms with Crippen molar-refractivity contribution in [2.24, 2.45) is 0 Å². The molecule has 1 heterocycles. The zero-order valence-corrected chi connectivity index (χ0v) is 30.5. The lowest BCUT2D eigenvalue weighted by atomic mass is 9.96. The normalized spacial score (nSPS) is 11.9. The van der Waals surface area contributed by atoms with Gasteiger partial charge >= 0.3 is 0 Å². The molecule has 1 aliphatic rings. The van der Waals surface area contributed by atoms with Gasteiger partial charge in [0.05, 0.1) is 22.4 Å². The van der Waals surface area contributed by atoms with Crippen molar-refractivity contribution in [2.75, 3.05) is 4.90 Å². The van der Waals surface area contributed by atoms with Crippen LogP contribution in [0, 0.1) is 0 Å². The zero-order valence-electron chi connectivity index (χ0n) is 30.5. The summed E-state index contributed by atoms with van der Waals surface area (Å²) in [6.45, 7) is 0. The molecule has 0 unspecified atom stereocenters. The summed E-state index contributed by atoms with van der Waals surface area (Å²) in [5.74, 6) is 0. The molecule has 0 saturated heterocycles. The first-order valence-electron chi connectivity index (χ1n) is 19.4. The third-order valence-electron chi connectivity index (χ3n) is 11.8. The summed E-state index contributed by atoms with van der Waals surface area (Å²) in [5.41, 5.74) is 14.5. The van der Waals surface area contributed by atoms with Crippen LogP contribution in [0.2, 0.25) is 0 Å². The standard InChI is InChI=1S/C54H34N2/c1-2-15-36(16-3-1)42-20-8-10-25-48(42)56-49-26-11-9-22-44(49)47-34-41(30-31-50(47)56)55(40-29-28-35-14-4-5-17-37(35)33-40)51-27-13-24-46-53(51)45-23-12-19-39-32-38-18-6-7-21-43(38)54(46)52(39)45/h1-34H. The molecule has 2 heteroatoms. The maximum atomic E-state index is 2.49. The van der Waals surface area contributed by atoms with Gasteiger partial charge in [-0.2, -0.15) is 0 Å². The van der Waals surface area contributed by atoms with Crippen molar-refractivity contribution in [3.8, 4) is 39.1 Å². The fourth-order valence-corrected chi connectivity index (χ4v) is 9.46. The molecular formula is C54H34N2. The van der Waals surface area contributed by atoms with Crippen LogP contribution >= 0.6 is 0 Å². The highest BCUT2D eigenvalue weighted by molar-refractivity contribution is 6.26. The fraction of sp³-hybridized carbons (Fsp3) is 0. The first kappa shape index (κ1) is 31.0. The lowest BCUT2D eigenvalue weighted by Crippen LogP contribution is -2.11. The van der Waals surface area contributed by atoms with Crippen molar-refractivity contribution in [3.63, 3.8) is 0 Å². The van der Waals surface area contributed by atoms with Gasteiger partial charge in [-0.25, -0.2) is 0 Å². The second kappa shape index (κ2) is 12.0. The van der Waals surface area contributed by atoms with Crippen LogP contribution in [0.15, 0.2) is 206 Å². The number of benzene rings is 10. The third kappa shape index (κ3) is 4.50. The highest BCUT2D eigenvalue weighted by Crippen LogP contribution is 2.55. The van der Waals surface area contributed by atoms with E-state index < -0.39 is 0 Å². The molecule has 10 aromatic carbocycles. The number of hydrogen-bond donors (Lipinski definition) is 0. The van der Waals surface area contributed by atoms with Gasteiger partial charge in [-0.05, 0) is 109 Å². The Morgan fingerprint density at radius 3 is 1.89 bits per heavy atom. The maximum absolute atomic E-state index is 2.49. The second-order valence-electron chi connectivity index (χ2n) is 14.9. The Labute approximate surface area is 324 Å². The largest absolute Gasteiger partial charge is 0.310 e. The minimum atomic E-state index is 1.12. The van der Waals surface area contributed by atoms with E-state index in [1.54, 1.807) is 0 Å². The molecule has 0 spiro atoms. The number of fused-ring (bicyclic) bond motifs is 9. The van der Waals surface area contributed by atoms with E-state index in [2.05, 4.69) is 216 Å². The summed E-state index contributed by atoms with van der Waals surface area (Å²) < 4.78 is 2.44. The first-order valence-corrected chi connectivity index (χ1v) is 19.4. The average Bonchev–Trinajstić information content (AvgIpc) is 3.78. The van der Waals surface area contributed by atoms with Crippen molar-refractivity contribution >= 4 is 71.2 Å². The minimum absolute atomic E-state index is 1.12. The number of nitrogens with zero attached hydrogens (tertiary/aromatic N) is 2. The van der Waals surface area contributed by atoms with Gasteiger partial charge in [-0.3, -0.25) is 0 Å². The predicted octanol–water partition coefficient (Wildman–Crippen LogP) is 15.0. The third-order valence-corrected chi connectivity index (χ3v) is 11.8. The van der Waals surface area contributed by atoms with Gasteiger partial charge in [0.15, 0.2) is 0 Å². The first-order chi connectivity index (χ1) is 27.8. The summed E-state index contributed by atoms with van der Waals surface area (Å²) >= 11 is 0. The van der Waals surface area contributed by atoms with Crippen LogP contribution in [0.5, 0.6) is 0 Å². The lowest BCUT2D eigenvalue weighted by molar-refractivity contribution is 1.18. The van der Waals surface area contributed by atoms with Crippen molar-refractivity contribution < 1.29 is 0 Å². The van der Waals surface area contributed by atoms with E-state index in [1.165, 1.54) is 98.9 Å². The molecule has 0 saturated carbocycles. The lowest BCUT2D eigenvalue weighted by Gasteiger charge is -2.28. The number of hydrogen-bond acceptors (Lipinski definition) is 1. The summed E-state index contributed by atoms with van der Waals surface area (Å²) in [4.78, 5) is 2.49. The van der Waals surface area contributed by atoms with Gasteiger partial charge in [0.1, 0.15) is 0 Å². The quantitative estimate of drug-likeness (QED) is 0.161. The topological polar surface area (TPSA) is 8.17 Å². The molecule has 0 bridgehead atoms. The molecule has 260 valence electrons. The highest BCUT2D eigenvalue weighted by atomic mass is 15.1. The number of rotatable bonds is 5. The molecule has 1 aromatic heterocycles. The van der Waals surface area contributed by atoms with Crippen LogP contribution in [-0.2, 0) is 0 Å². The van der Waals surface area contributed by atoms with Crippen LogP contribution in [0.3, 0.4) is 0 Å². The highest BCUT2D eigenvalue weighted by Gasteiger charge is 2.29. The summed E-state index contributed by atoms with van der Waals surface area (Å²) in [6.07, 6.45) is 0. The van der Waals surface area contributed by atoms with Crippen LogP contribution in [0.25, 0.3) is 93.2 Å². The van der Waals surface area contributed by atoms with Gasteiger partial charge in [0.2, 0.25) is 0 Å². The van der Waals surface area contributed by atoms with Gasteiger partial charge in [-0.1, -0.05) is 152 Å². The van der Waals surface area contributed by atoms with Gasteiger partial charge < -0.3 is 9.47 Å². The van der Waals surface area contributed by atoms with Crippen LogP contribution in [0.1, 0.15) is 0 Å². The van der Waals surface area contributed by atoms with Crippen molar-refractivity contribution in [1.82, 2.24) is 4.57 Å². The number of anilines is 3. The Morgan fingerprint density at radius 1 is 0.339 bits per heavy atom. The molecule has 11 aromatic rings. The number of aromatic nitrogens is 1. The molecule has 0 fully saturated rings. The van der Waals surface area contributed by atoms with Crippen LogP contribution in [-0.4, -0.2) is 4.57 Å². The second-order valence-corrected chi connectivity index (χ2v) is 14.9. The number of para-hydroxylation sites is 2. The van der Waals surface area contributed by atoms with E-state index >= 15 is 0 Å². The Morgan fingerprint density at radius 2 is 0.982 bits per heavy atom. The molecule has 0 aliphatic heterocycles. The van der Waals surface area contributed by atoms with E-state index in [1.807, 2.05) is 0 Å². The average molecular weight is 711 g/mol. The van der Waals surface area contributed by atoms with Gasteiger partial charge in [0.25, 0.3) is 0 Å². The van der Waals surface area contributed by atoms with E-state index in [9.17, 15) is 0 Å². The minimum Gasteiger partial charge on any atom is -0.310 e. The predicted molar refractivity (Wildman–Crippen MR) is 238 cm³/mol. The van der Waals surface area contributed by atoms with E-state index in [-0.39, 0.29) is 0 Å². The van der Waals surface area contributed by atoms with Crippen molar-refractivity contribution in [3.05, 3.63) is 206 Å². The molecule has 0 atom stereocenters. The van der Waals surface area contributed by atoms with Crippen LogP contribution < -0.4 is 4.90 Å². The van der Waals surface area contributed by atoms with Gasteiger partial charge in [-0.15, -0.1) is 0 Å². The Kier molecular flexibility index (Phi) is 6.66. The van der Waals surface area contributed by atoms with E-state index in [0.717, 1.165) is 11.4 Å². The van der Waals surface area contributed by atoms with Crippen molar-refractivity contribution in [2.45, 2.75) is 0 Å².